The average Bonchev–Trinajstić information content (AvgIpc) is 3.34. The number of ether oxygens (including phenoxy) is 2. The molecule has 1 N–H and O–H groups in total. The normalized spacial score (nSPS) is 16.9. The molecule has 0 radical (unpaired) electrons. The van der Waals surface area contributed by atoms with Crippen LogP contribution in [0.2, 0.25) is 0 Å². The first-order valence-electron chi connectivity index (χ1n) is 12.7. The number of rotatable bonds is 8. The van der Waals surface area contributed by atoms with Gasteiger partial charge in [0.05, 0.1) is 14.2 Å². The molecule has 0 spiro atoms. The summed E-state index contributed by atoms with van der Waals surface area (Å²) in [7, 11) is 3.35. The molecule has 3 aromatic carbocycles. The minimum absolute atomic E-state index is 0. The van der Waals surface area contributed by atoms with Gasteiger partial charge in [-0.3, -0.25) is 14.6 Å². The van der Waals surface area contributed by atoms with Gasteiger partial charge in [0, 0.05) is 52.1 Å². The van der Waals surface area contributed by atoms with Gasteiger partial charge in [0.15, 0.2) is 0 Å². The summed E-state index contributed by atoms with van der Waals surface area (Å²) in [5.41, 5.74) is 4.39. The zero-order chi connectivity index (χ0) is 25.0. The van der Waals surface area contributed by atoms with E-state index in [1.54, 1.807) is 14.2 Å². The Hall–Kier alpha value is -3.06. The Bertz CT molecular complexity index is 1150. The van der Waals surface area contributed by atoms with Crippen LogP contribution in [0.15, 0.2) is 72.8 Å². The van der Waals surface area contributed by atoms with Gasteiger partial charge in [0.2, 0.25) is 5.91 Å². The number of hydrogen-bond donors (Lipinski definition) is 1. The van der Waals surface area contributed by atoms with Crippen LogP contribution in [0, 0.1) is 0 Å². The predicted molar refractivity (Wildman–Crippen MR) is 149 cm³/mol. The van der Waals surface area contributed by atoms with Crippen molar-refractivity contribution in [2.75, 3.05) is 40.4 Å². The second-order valence-corrected chi connectivity index (χ2v) is 9.80. The summed E-state index contributed by atoms with van der Waals surface area (Å²) < 4.78 is 10.5. The maximum absolute atomic E-state index is 13.9. The Balaban J connectivity index is 0.00000320. The fourth-order valence-corrected chi connectivity index (χ4v) is 5.54. The number of fused-ring (bicyclic) bond motifs is 1. The molecule has 0 saturated carbocycles. The van der Waals surface area contributed by atoms with Crippen molar-refractivity contribution in [1.82, 2.24) is 15.1 Å². The van der Waals surface area contributed by atoms with Crippen molar-refractivity contribution in [3.8, 4) is 11.5 Å². The minimum atomic E-state index is -0.539. The number of amides is 1. The Morgan fingerprint density at radius 1 is 0.784 bits per heavy atom. The summed E-state index contributed by atoms with van der Waals surface area (Å²) in [5.74, 6) is 1.82. The standard InChI is InChI=1S/C30H35N3O3.ClH/c1-35-27-11-7-23(8-12-27)21-31-29(34)30(19-25-5-3-4-6-26(25)20-30)33-17-15-32(16-18-33)22-24-9-13-28(36-2)14-10-24;/h3-14H,15-22H2,1-2H3,(H,31,34);1H. The van der Waals surface area contributed by atoms with Crippen LogP contribution >= 0.6 is 12.4 Å². The van der Waals surface area contributed by atoms with E-state index in [4.69, 9.17) is 9.47 Å². The second-order valence-electron chi connectivity index (χ2n) is 9.80. The van der Waals surface area contributed by atoms with Gasteiger partial charge in [-0.2, -0.15) is 0 Å². The van der Waals surface area contributed by atoms with Crippen molar-refractivity contribution in [3.63, 3.8) is 0 Å². The van der Waals surface area contributed by atoms with Crippen LogP contribution in [0.25, 0.3) is 0 Å². The summed E-state index contributed by atoms with van der Waals surface area (Å²) in [5, 5.41) is 3.27. The van der Waals surface area contributed by atoms with Gasteiger partial charge in [-0.15, -0.1) is 12.4 Å². The highest BCUT2D eigenvalue weighted by Crippen LogP contribution is 2.36. The van der Waals surface area contributed by atoms with Crippen LogP contribution < -0.4 is 14.8 Å². The minimum Gasteiger partial charge on any atom is -0.497 e. The lowest BCUT2D eigenvalue weighted by atomic mass is 9.90. The number of hydrogen-bond acceptors (Lipinski definition) is 5. The molecule has 6 nitrogen and oxygen atoms in total. The molecule has 1 heterocycles. The van der Waals surface area contributed by atoms with E-state index in [9.17, 15) is 4.79 Å². The summed E-state index contributed by atoms with van der Waals surface area (Å²) in [4.78, 5) is 18.8. The van der Waals surface area contributed by atoms with Crippen molar-refractivity contribution >= 4 is 18.3 Å². The van der Waals surface area contributed by atoms with Crippen LogP contribution in [0.3, 0.4) is 0 Å². The largest absolute Gasteiger partial charge is 0.497 e. The lowest BCUT2D eigenvalue weighted by molar-refractivity contribution is -0.135. The molecule has 1 saturated heterocycles. The molecule has 1 fully saturated rings. The first-order valence-corrected chi connectivity index (χ1v) is 12.7. The highest BCUT2D eigenvalue weighted by molar-refractivity contribution is 5.88. The molecule has 0 bridgehead atoms. The first-order chi connectivity index (χ1) is 17.6. The second kappa shape index (κ2) is 12.0. The summed E-state index contributed by atoms with van der Waals surface area (Å²) in [6.45, 7) is 5.05. The van der Waals surface area contributed by atoms with Gasteiger partial charge < -0.3 is 14.8 Å². The average molecular weight is 522 g/mol. The van der Waals surface area contributed by atoms with Gasteiger partial charge in [-0.25, -0.2) is 0 Å². The lowest BCUT2D eigenvalue weighted by Gasteiger charge is -2.45. The van der Waals surface area contributed by atoms with Crippen molar-refractivity contribution in [2.45, 2.75) is 31.5 Å². The molecule has 0 aromatic heterocycles. The number of methoxy groups -OCH3 is 2. The van der Waals surface area contributed by atoms with Gasteiger partial charge >= 0.3 is 0 Å². The van der Waals surface area contributed by atoms with Gasteiger partial charge in [-0.1, -0.05) is 48.5 Å². The van der Waals surface area contributed by atoms with E-state index in [2.05, 4.69) is 51.5 Å². The maximum Gasteiger partial charge on any atom is 0.241 e. The SMILES string of the molecule is COc1ccc(CNC(=O)C2(N3CCN(Cc4ccc(OC)cc4)CC3)Cc3ccccc3C2)cc1.Cl. The molecule has 5 rings (SSSR count). The smallest absolute Gasteiger partial charge is 0.241 e. The first kappa shape index (κ1) is 27.0. The molecule has 7 heteroatoms. The van der Waals surface area contributed by atoms with E-state index in [-0.39, 0.29) is 18.3 Å². The lowest BCUT2D eigenvalue weighted by Crippen LogP contribution is -2.64. The van der Waals surface area contributed by atoms with E-state index < -0.39 is 5.54 Å². The van der Waals surface area contributed by atoms with E-state index in [1.807, 2.05) is 36.4 Å². The van der Waals surface area contributed by atoms with Crippen LogP contribution in [0.4, 0.5) is 0 Å². The highest BCUT2D eigenvalue weighted by atomic mass is 35.5. The molecular formula is C30H36ClN3O3. The third-order valence-electron chi connectivity index (χ3n) is 7.66. The molecule has 1 aliphatic carbocycles. The zero-order valence-corrected chi connectivity index (χ0v) is 22.4. The Morgan fingerprint density at radius 2 is 1.30 bits per heavy atom. The van der Waals surface area contributed by atoms with Crippen molar-refractivity contribution < 1.29 is 14.3 Å². The third-order valence-corrected chi connectivity index (χ3v) is 7.66. The molecule has 0 atom stereocenters. The summed E-state index contributed by atoms with van der Waals surface area (Å²) in [6, 6.07) is 24.7. The number of nitrogens with zero attached hydrogens (tertiary/aromatic N) is 2. The molecule has 1 amide bonds. The van der Waals surface area contributed by atoms with Crippen LogP contribution in [0.1, 0.15) is 22.3 Å². The molecular weight excluding hydrogens is 486 g/mol. The maximum atomic E-state index is 13.9. The van der Waals surface area contributed by atoms with Crippen molar-refractivity contribution in [3.05, 3.63) is 95.1 Å². The topological polar surface area (TPSA) is 54.0 Å². The van der Waals surface area contributed by atoms with Crippen molar-refractivity contribution in [2.24, 2.45) is 0 Å². The van der Waals surface area contributed by atoms with E-state index in [1.165, 1.54) is 16.7 Å². The Morgan fingerprint density at radius 3 is 1.81 bits per heavy atom. The van der Waals surface area contributed by atoms with Crippen LogP contribution in [-0.2, 0) is 30.7 Å². The summed E-state index contributed by atoms with van der Waals surface area (Å²) >= 11 is 0. The number of carbonyl (C=O) groups is 1. The molecule has 196 valence electrons. The third kappa shape index (κ3) is 5.93. The molecule has 0 unspecified atom stereocenters. The molecule has 1 aliphatic heterocycles. The molecule has 2 aliphatic rings. The monoisotopic (exact) mass is 521 g/mol. The van der Waals surface area contributed by atoms with Gasteiger partial charge in [-0.05, 0) is 46.5 Å². The Labute approximate surface area is 226 Å². The van der Waals surface area contributed by atoms with E-state index in [0.29, 0.717) is 6.54 Å². The number of carbonyl (C=O) groups excluding carboxylic acids is 1. The van der Waals surface area contributed by atoms with Crippen molar-refractivity contribution in [1.29, 1.82) is 0 Å². The quantitative estimate of drug-likeness (QED) is 0.484. The highest BCUT2D eigenvalue weighted by Gasteiger charge is 2.48. The number of piperazine rings is 1. The number of benzene rings is 3. The van der Waals surface area contributed by atoms with E-state index in [0.717, 1.165) is 62.6 Å². The van der Waals surface area contributed by atoms with Crippen LogP contribution in [0.5, 0.6) is 11.5 Å². The number of nitrogens with one attached hydrogen (secondary N) is 1. The zero-order valence-electron chi connectivity index (χ0n) is 21.6. The molecule has 37 heavy (non-hydrogen) atoms. The molecule has 3 aromatic rings. The summed E-state index contributed by atoms with van der Waals surface area (Å²) in [6.07, 6.45) is 1.52. The fraction of sp³-hybridized carbons (Fsp3) is 0.367. The fourth-order valence-electron chi connectivity index (χ4n) is 5.54. The van der Waals surface area contributed by atoms with E-state index >= 15 is 0 Å². The predicted octanol–water partition coefficient (Wildman–Crippen LogP) is 4.10. The Kier molecular flexibility index (Phi) is 8.75. The van der Waals surface area contributed by atoms with Gasteiger partial charge in [0.1, 0.15) is 17.0 Å². The van der Waals surface area contributed by atoms with Crippen LogP contribution in [-0.4, -0.2) is 61.6 Å². The van der Waals surface area contributed by atoms with Gasteiger partial charge in [0.25, 0.3) is 0 Å². The number of halogens is 1.